The molecule has 0 fully saturated rings. The molecule has 4 N–H and O–H groups in total. The molecule has 0 aliphatic heterocycles. The predicted octanol–water partition coefficient (Wildman–Crippen LogP) is 3.74. The highest BCUT2D eigenvalue weighted by Crippen LogP contribution is 2.38. The van der Waals surface area contributed by atoms with Crippen molar-refractivity contribution in [2.24, 2.45) is 0 Å². The first kappa shape index (κ1) is 22.0. The second-order valence-electron chi connectivity index (χ2n) is 7.66. The first-order valence-electron chi connectivity index (χ1n) is 10.6. The van der Waals surface area contributed by atoms with Crippen molar-refractivity contribution in [1.29, 1.82) is 0 Å². The number of rotatable bonds is 8. The van der Waals surface area contributed by atoms with Crippen LogP contribution in [0.1, 0.15) is 50.5 Å². The smallest absolute Gasteiger partial charge is 0.274 e. The van der Waals surface area contributed by atoms with E-state index in [4.69, 9.17) is 4.74 Å². The molecular weight excluding hydrogens is 428 g/mol. The molecule has 0 atom stereocenters. The predicted molar refractivity (Wildman–Crippen MR) is 123 cm³/mol. The van der Waals surface area contributed by atoms with E-state index in [1.165, 1.54) is 11.3 Å². The Morgan fingerprint density at radius 2 is 2.03 bits per heavy atom. The van der Waals surface area contributed by atoms with E-state index >= 15 is 0 Å². The molecule has 1 aromatic carbocycles. The highest BCUT2D eigenvalue weighted by Gasteiger charge is 2.27. The summed E-state index contributed by atoms with van der Waals surface area (Å²) in [7, 11) is 1.63. The maximum Gasteiger partial charge on any atom is 0.274 e. The van der Waals surface area contributed by atoms with Crippen molar-refractivity contribution in [2.75, 3.05) is 25.6 Å². The second-order valence-corrected chi connectivity index (χ2v) is 8.76. The fourth-order valence-corrected chi connectivity index (χ4v) is 5.12. The standard InChI is InChI=1S/C23H26N4O4S/c1-31-12-6-11-24-22(30)20-15-8-3-5-10-19(15)32-23(20)25-21(29)17-13-16(26-27-17)14-7-2-4-9-18(14)28/h2,4,7,9,13,28H,3,5-6,8,10-12H2,1H3,(H,24,30)(H,25,29)(H,26,27). The molecule has 9 heteroatoms. The van der Waals surface area contributed by atoms with E-state index in [1.54, 1.807) is 37.4 Å². The van der Waals surface area contributed by atoms with E-state index in [0.29, 0.717) is 35.0 Å². The van der Waals surface area contributed by atoms with Crippen molar-refractivity contribution in [3.63, 3.8) is 0 Å². The van der Waals surface area contributed by atoms with Crippen LogP contribution in [0.3, 0.4) is 0 Å². The molecule has 32 heavy (non-hydrogen) atoms. The van der Waals surface area contributed by atoms with E-state index in [9.17, 15) is 14.7 Å². The Morgan fingerprint density at radius 1 is 1.22 bits per heavy atom. The van der Waals surface area contributed by atoms with Gasteiger partial charge in [0.25, 0.3) is 11.8 Å². The third kappa shape index (κ3) is 4.68. The first-order chi connectivity index (χ1) is 15.6. The Labute approximate surface area is 190 Å². The zero-order valence-electron chi connectivity index (χ0n) is 17.9. The second kappa shape index (κ2) is 9.97. The number of carbonyl (C=O) groups is 2. The van der Waals surface area contributed by atoms with Crippen LogP contribution in [0.2, 0.25) is 0 Å². The van der Waals surface area contributed by atoms with Crippen molar-refractivity contribution in [3.05, 3.63) is 52.0 Å². The van der Waals surface area contributed by atoms with Gasteiger partial charge in [0, 0.05) is 30.7 Å². The molecule has 1 aliphatic rings. The lowest BCUT2D eigenvalue weighted by molar-refractivity contribution is 0.0948. The third-order valence-corrected chi connectivity index (χ3v) is 6.65. The average molecular weight is 455 g/mol. The molecule has 0 spiro atoms. The van der Waals surface area contributed by atoms with Gasteiger partial charge in [0.2, 0.25) is 0 Å². The number of aryl methyl sites for hydroxylation is 1. The van der Waals surface area contributed by atoms with Crippen LogP contribution < -0.4 is 10.6 Å². The number of phenols is 1. The van der Waals surface area contributed by atoms with E-state index in [2.05, 4.69) is 20.8 Å². The number of hydrogen-bond donors (Lipinski definition) is 4. The molecule has 3 aromatic rings. The number of anilines is 1. The minimum Gasteiger partial charge on any atom is -0.507 e. The molecule has 0 bridgehead atoms. The summed E-state index contributed by atoms with van der Waals surface area (Å²) < 4.78 is 5.04. The zero-order chi connectivity index (χ0) is 22.5. The van der Waals surface area contributed by atoms with Crippen LogP contribution in [0.15, 0.2) is 30.3 Å². The highest BCUT2D eigenvalue weighted by molar-refractivity contribution is 7.17. The summed E-state index contributed by atoms with van der Waals surface area (Å²) in [6, 6.07) is 8.39. The lowest BCUT2D eigenvalue weighted by Gasteiger charge is -2.13. The largest absolute Gasteiger partial charge is 0.507 e. The van der Waals surface area contributed by atoms with E-state index in [1.807, 2.05) is 0 Å². The third-order valence-electron chi connectivity index (χ3n) is 5.44. The number of thiophene rings is 1. The van der Waals surface area contributed by atoms with Crippen molar-refractivity contribution in [2.45, 2.75) is 32.1 Å². The number of carbonyl (C=O) groups excluding carboxylic acids is 2. The Hall–Kier alpha value is -3.17. The van der Waals surface area contributed by atoms with Gasteiger partial charge in [0.05, 0.1) is 11.3 Å². The molecule has 2 amide bonds. The maximum absolute atomic E-state index is 13.0. The number of fused-ring (bicyclic) bond motifs is 1. The minimum atomic E-state index is -0.383. The fourth-order valence-electron chi connectivity index (χ4n) is 3.84. The summed E-state index contributed by atoms with van der Waals surface area (Å²) in [5.74, 6) is -0.467. The van der Waals surface area contributed by atoms with E-state index in [0.717, 1.165) is 42.5 Å². The Kier molecular flexibility index (Phi) is 6.87. The van der Waals surface area contributed by atoms with Crippen LogP contribution in [0.25, 0.3) is 11.3 Å². The number of ether oxygens (including phenoxy) is 1. The fraction of sp³-hybridized carbons (Fsp3) is 0.348. The number of amides is 2. The van der Waals surface area contributed by atoms with Gasteiger partial charge in [-0.2, -0.15) is 5.10 Å². The molecule has 0 radical (unpaired) electrons. The summed E-state index contributed by atoms with van der Waals surface area (Å²) in [6.07, 6.45) is 4.59. The van der Waals surface area contributed by atoms with Gasteiger partial charge in [0.15, 0.2) is 0 Å². The first-order valence-corrected chi connectivity index (χ1v) is 11.5. The summed E-state index contributed by atoms with van der Waals surface area (Å²) >= 11 is 1.47. The maximum atomic E-state index is 13.0. The molecular formula is C23H26N4O4S. The van der Waals surface area contributed by atoms with Gasteiger partial charge in [-0.05, 0) is 55.9 Å². The highest BCUT2D eigenvalue weighted by atomic mass is 32.1. The quantitative estimate of drug-likeness (QED) is 0.387. The monoisotopic (exact) mass is 454 g/mol. The minimum absolute atomic E-state index is 0.0873. The molecule has 4 rings (SSSR count). The number of methoxy groups -OCH3 is 1. The van der Waals surface area contributed by atoms with Crippen LogP contribution in [-0.2, 0) is 17.6 Å². The van der Waals surface area contributed by atoms with Crippen LogP contribution in [0, 0.1) is 0 Å². The normalized spacial score (nSPS) is 12.9. The van der Waals surface area contributed by atoms with E-state index < -0.39 is 0 Å². The van der Waals surface area contributed by atoms with Gasteiger partial charge in [0.1, 0.15) is 16.4 Å². The molecule has 0 unspecified atom stereocenters. The molecule has 8 nitrogen and oxygen atoms in total. The zero-order valence-corrected chi connectivity index (χ0v) is 18.7. The Bertz CT molecular complexity index is 1120. The van der Waals surface area contributed by atoms with E-state index in [-0.39, 0.29) is 23.3 Å². The van der Waals surface area contributed by atoms with Crippen LogP contribution in [-0.4, -0.2) is 47.4 Å². The molecule has 0 saturated heterocycles. The van der Waals surface area contributed by atoms with Gasteiger partial charge >= 0.3 is 0 Å². The summed E-state index contributed by atoms with van der Waals surface area (Å²) in [5.41, 5.74) is 2.86. The number of nitrogens with zero attached hydrogens (tertiary/aromatic N) is 1. The van der Waals surface area contributed by atoms with Crippen molar-refractivity contribution >= 4 is 28.2 Å². The number of nitrogens with one attached hydrogen (secondary N) is 3. The summed E-state index contributed by atoms with van der Waals surface area (Å²) in [5, 5.41) is 23.3. The van der Waals surface area contributed by atoms with Crippen molar-refractivity contribution < 1.29 is 19.4 Å². The number of benzene rings is 1. The molecule has 2 heterocycles. The average Bonchev–Trinajstić information content (AvgIpc) is 3.42. The Balaban J connectivity index is 1.55. The number of para-hydroxylation sites is 1. The van der Waals surface area contributed by atoms with Crippen molar-refractivity contribution in [3.8, 4) is 17.0 Å². The van der Waals surface area contributed by atoms with Gasteiger partial charge in [-0.15, -0.1) is 11.3 Å². The van der Waals surface area contributed by atoms with Gasteiger partial charge < -0.3 is 20.5 Å². The molecule has 2 aromatic heterocycles. The SMILES string of the molecule is COCCCNC(=O)c1c(NC(=O)c2cc(-c3ccccc3O)n[nH]2)sc2c1CCCC2. The number of phenolic OH excluding ortho intramolecular Hbond substituents is 1. The number of hydrogen-bond acceptors (Lipinski definition) is 6. The van der Waals surface area contributed by atoms with Crippen molar-refractivity contribution in [1.82, 2.24) is 15.5 Å². The summed E-state index contributed by atoms with van der Waals surface area (Å²) in [6.45, 7) is 1.08. The van der Waals surface area contributed by atoms with Crippen LogP contribution >= 0.6 is 11.3 Å². The van der Waals surface area contributed by atoms with Gasteiger partial charge in [-0.1, -0.05) is 12.1 Å². The number of aromatic amines is 1. The molecule has 0 saturated carbocycles. The number of aromatic nitrogens is 2. The Morgan fingerprint density at radius 3 is 2.84 bits per heavy atom. The van der Waals surface area contributed by atoms with Crippen LogP contribution in [0.4, 0.5) is 5.00 Å². The number of aromatic hydroxyl groups is 1. The summed E-state index contributed by atoms with van der Waals surface area (Å²) in [4.78, 5) is 27.1. The molecule has 1 aliphatic carbocycles. The van der Waals surface area contributed by atoms with Gasteiger partial charge in [-0.3, -0.25) is 14.7 Å². The number of H-pyrrole nitrogens is 1. The lowest BCUT2D eigenvalue weighted by Crippen LogP contribution is -2.27. The lowest BCUT2D eigenvalue weighted by atomic mass is 9.95. The molecule has 168 valence electrons. The topological polar surface area (TPSA) is 116 Å². The van der Waals surface area contributed by atoms with Crippen LogP contribution in [0.5, 0.6) is 5.75 Å². The van der Waals surface area contributed by atoms with Gasteiger partial charge in [-0.25, -0.2) is 0 Å².